The summed E-state index contributed by atoms with van der Waals surface area (Å²) in [6.07, 6.45) is 1.72. The number of piperidine rings is 1. The lowest BCUT2D eigenvalue weighted by atomic mass is 9.89. The Morgan fingerprint density at radius 1 is 1.35 bits per heavy atom. The molecule has 0 saturated carbocycles. The lowest BCUT2D eigenvalue weighted by molar-refractivity contribution is -0.197. The van der Waals surface area contributed by atoms with Crippen molar-refractivity contribution in [3.63, 3.8) is 0 Å². The zero-order chi connectivity index (χ0) is 16.4. The molecule has 1 N–H and O–H groups in total. The fourth-order valence-corrected chi connectivity index (χ4v) is 3.05. The van der Waals surface area contributed by atoms with Crippen molar-refractivity contribution in [3.05, 3.63) is 24.3 Å². The van der Waals surface area contributed by atoms with Gasteiger partial charge in [0.2, 0.25) is 5.91 Å². The summed E-state index contributed by atoms with van der Waals surface area (Å²) in [6, 6.07) is 7.10. The van der Waals surface area contributed by atoms with Gasteiger partial charge in [0.15, 0.2) is 0 Å². The van der Waals surface area contributed by atoms with Crippen LogP contribution in [0.4, 0.5) is 10.5 Å². The summed E-state index contributed by atoms with van der Waals surface area (Å²) in [7, 11) is 3.23. The molecule has 7 nitrogen and oxygen atoms in total. The highest BCUT2D eigenvalue weighted by atomic mass is 16.7. The molecule has 124 valence electrons. The third-order valence-electron chi connectivity index (χ3n) is 4.44. The van der Waals surface area contributed by atoms with E-state index in [4.69, 9.17) is 9.57 Å². The van der Waals surface area contributed by atoms with E-state index < -0.39 is 5.60 Å². The average Bonchev–Trinajstić information content (AvgIpc) is 2.82. The molecular weight excluding hydrogens is 298 g/mol. The van der Waals surface area contributed by atoms with Crippen LogP contribution in [0.15, 0.2) is 24.3 Å². The SMILES string of the molecule is COc1cccc(NC(=O)N2CCC3(CC2)CC(=O)N(C)O3)c1. The van der Waals surface area contributed by atoms with Crippen LogP contribution in [0.5, 0.6) is 5.75 Å². The minimum absolute atomic E-state index is 0.000665. The normalized spacial score (nSPS) is 20.0. The molecule has 2 heterocycles. The zero-order valence-corrected chi connectivity index (χ0v) is 13.4. The number of hydrogen-bond acceptors (Lipinski definition) is 4. The van der Waals surface area contributed by atoms with Crippen molar-refractivity contribution in [1.29, 1.82) is 0 Å². The van der Waals surface area contributed by atoms with Crippen LogP contribution >= 0.6 is 0 Å². The summed E-state index contributed by atoms with van der Waals surface area (Å²) in [5, 5.41) is 4.18. The summed E-state index contributed by atoms with van der Waals surface area (Å²) < 4.78 is 5.15. The van der Waals surface area contributed by atoms with Crippen LogP contribution in [-0.4, -0.2) is 54.7 Å². The molecule has 0 aliphatic carbocycles. The van der Waals surface area contributed by atoms with Crippen molar-refractivity contribution < 1.29 is 19.2 Å². The van der Waals surface area contributed by atoms with E-state index in [9.17, 15) is 9.59 Å². The minimum Gasteiger partial charge on any atom is -0.497 e. The molecule has 0 aromatic heterocycles. The maximum absolute atomic E-state index is 12.4. The van der Waals surface area contributed by atoms with Gasteiger partial charge >= 0.3 is 6.03 Å². The molecule has 0 unspecified atom stereocenters. The molecule has 2 fully saturated rings. The standard InChI is InChI=1S/C16H21N3O4/c1-18-14(20)11-16(23-18)6-8-19(9-7-16)15(21)17-12-4-3-5-13(10-12)22-2/h3-5,10H,6-9,11H2,1-2H3,(H,17,21). The maximum Gasteiger partial charge on any atom is 0.321 e. The second-order valence-electron chi connectivity index (χ2n) is 5.99. The number of anilines is 1. The first-order valence-corrected chi connectivity index (χ1v) is 7.67. The number of carbonyl (C=O) groups is 2. The monoisotopic (exact) mass is 319 g/mol. The molecule has 2 aliphatic rings. The molecule has 2 saturated heterocycles. The Bertz CT molecular complexity index is 611. The first-order chi connectivity index (χ1) is 11.0. The quantitative estimate of drug-likeness (QED) is 0.903. The Morgan fingerprint density at radius 3 is 2.70 bits per heavy atom. The van der Waals surface area contributed by atoms with Crippen LogP contribution < -0.4 is 10.1 Å². The second-order valence-corrected chi connectivity index (χ2v) is 5.99. The van der Waals surface area contributed by atoms with E-state index in [1.54, 1.807) is 25.1 Å². The number of carbonyl (C=O) groups excluding carboxylic acids is 2. The van der Waals surface area contributed by atoms with E-state index in [-0.39, 0.29) is 11.9 Å². The summed E-state index contributed by atoms with van der Waals surface area (Å²) in [6.45, 7) is 1.13. The lowest BCUT2D eigenvalue weighted by Gasteiger charge is -2.37. The third-order valence-corrected chi connectivity index (χ3v) is 4.44. The van der Waals surface area contributed by atoms with Crippen molar-refractivity contribution in [2.45, 2.75) is 24.9 Å². The van der Waals surface area contributed by atoms with Gasteiger partial charge in [0.1, 0.15) is 11.4 Å². The summed E-state index contributed by atoms with van der Waals surface area (Å²) in [5.41, 5.74) is 0.264. The maximum atomic E-state index is 12.4. The number of ether oxygens (including phenoxy) is 1. The molecule has 3 amide bonds. The first-order valence-electron chi connectivity index (χ1n) is 7.67. The molecule has 1 aromatic rings. The molecule has 7 heteroatoms. The Morgan fingerprint density at radius 2 is 2.09 bits per heavy atom. The largest absolute Gasteiger partial charge is 0.497 e. The molecule has 2 aliphatic heterocycles. The Hall–Kier alpha value is -2.28. The van der Waals surface area contributed by atoms with Gasteiger partial charge in [0.05, 0.1) is 13.5 Å². The number of methoxy groups -OCH3 is 1. The molecule has 0 radical (unpaired) electrons. The minimum atomic E-state index is -0.432. The lowest BCUT2D eigenvalue weighted by Crippen LogP contribution is -2.48. The highest BCUT2D eigenvalue weighted by Gasteiger charge is 2.46. The van der Waals surface area contributed by atoms with Crippen LogP contribution in [0, 0.1) is 0 Å². The van der Waals surface area contributed by atoms with E-state index in [0.29, 0.717) is 43.8 Å². The highest BCUT2D eigenvalue weighted by Crippen LogP contribution is 2.35. The Balaban J connectivity index is 1.57. The summed E-state index contributed by atoms with van der Waals surface area (Å²) in [4.78, 5) is 31.5. The van der Waals surface area contributed by atoms with Crippen LogP contribution in [-0.2, 0) is 9.63 Å². The van der Waals surface area contributed by atoms with Crippen molar-refractivity contribution in [1.82, 2.24) is 9.96 Å². The van der Waals surface area contributed by atoms with E-state index in [2.05, 4.69) is 5.32 Å². The Labute approximate surface area is 135 Å². The van der Waals surface area contributed by atoms with E-state index in [1.807, 2.05) is 18.2 Å². The molecule has 3 rings (SSSR count). The smallest absolute Gasteiger partial charge is 0.321 e. The number of likely N-dealkylation sites (tertiary alicyclic amines) is 1. The molecule has 1 aromatic carbocycles. The second kappa shape index (κ2) is 6.08. The topological polar surface area (TPSA) is 71.1 Å². The average molecular weight is 319 g/mol. The van der Waals surface area contributed by atoms with Gasteiger partial charge in [0.25, 0.3) is 0 Å². The Kier molecular flexibility index (Phi) is 4.12. The van der Waals surface area contributed by atoms with Gasteiger partial charge in [-0.2, -0.15) is 0 Å². The predicted octanol–water partition coefficient (Wildman–Crippen LogP) is 1.86. The summed E-state index contributed by atoms with van der Waals surface area (Å²) in [5.74, 6) is 0.695. The van der Waals surface area contributed by atoms with Gasteiger partial charge in [-0.05, 0) is 25.0 Å². The third kappa shape index (κ3) is 3.24. The number of rotatable bonds is 2. The number of nitrogens with one attached hydrogen (secondary N) is 1. The van der Waals surface area contributed by atoms with Gasteiger partial charge in [-0.3, -0.25) is 9.63 Å². The van der Waals surface area contributed by atoms with Crippen molar-refractivity contribution in [2.24, 2.45) is 0 Å². The number of amides is 3. The van der Waals surface area contributed by atoms with Crippen molar-refractivity contribution >= 4 is 17.6 Å². The molecule has 23 heavy (non-hydrogen) atoms. The number of hydroxylamine groups is 2. The number of nitrogens with zero attached hydrogens (tertiary/aromatic N) is 2. The zero-order valence-electron chi connectivity index (χ0n) is 13.4. The van der Waals surface area contributed by atoms with Crippen LogP contribution in [0.3, 0.4) is 0 Å². The van der Waals surface area contributed by atoms with Crippen LogP contribution in [0.1, 0.15) is 19.3 Å². The molecular formula is C16H21N3O4. The van der Waals surface area contributed by atoms with Gasteiger partial charge in [-0.15, -0.1) is 0 Å². The van der Waals surface area contributed by atoms with Crippen molar-refractivity contribution in [3.8, 4) is 5.75 Å². The van der Waals surface area contributed by atoms with E-state index in [1.165, 1.54) is 5.06 Å². The van der Waals surface area contributed by atoms with Crippen LogP contribution in [0.25, 0.3) is 0 Å². The predicted molar refractivity (Wildman–Crippen MR) is 84.0 cm³/mol. The molecule has 1 spiro atoms. The molecule has 0 bridgehead atoms. The van der Waals surface area contributed by atoms with Crippen LogP contribution in [0.2, 0.25) is 0 Å². The summed E-state index contributed by atoms with van der Waals surface area (Å²) >= 11 is 0. The fourth-order valence-electron chi connectivity index (χ4n) is 3.05. The number of urea groups is 1. The first kappa shape index (κ1) is 15.6. The van der Waals surface area contributed by atoms with E-state index in [0.717, 1.165) is 0 Å². The van der Waals surface area contributed by atoms with Gasteiger partial charge in [-0.1, -0.05) is 6.07 Å². The number of hydrogen-bond donors (Lipinski definition) is 1. The fraction of sp³-hybridized carbons (Fsp3) is 0.500. The van der Waals surface area contributed by atoms with E-state index >= 15 is 0 Å². The van der Waals surface area contributed by atoms with Gasteiger partial charge in [0, 0.05) is 31.9 Å². The van der Waals surface area contributed by atoms with Crippen molar-refractivity contribution in [2.75, 3.05) is 32.6 Å². The van der Waals surface area contributed by atoms with Gasteiger partial charge < -0.3 is 15.0 Å². The number of benzene rings is 1. The molecule has 0 atom stereocenters. The highest BCUT2D eigenvalue weighted by molar-refractivity contribution is 5.89. The van der Waals surface area contributed by atoms with Gasteiger partial charge in [-0.25, -0.2) is 9.86 Å².